The van der Waals surface area contributed by atoms with Gasteiger partial charge < -0.3 is 14.4 Å². The fourth-order valence-electron chi connectivity index (χ4n) is 1.98. The number of hydrogen-bond acceptors (Lipinski definition) is 4. The molecule has 0 aromatic carbocycles. The molecule has 102 valence electrons. The van der Waals surface area contributed by atoms with Crippen molar-refractivity contribution in [3.8, 4) is 0 Å². The number of allylic oxidation sites excluding steroid dienone is 1. The Morgan fingerprint density at radius 1 is 1.44 bits per heavy atom. The average Bonchev–Trinajstić information content (AvgIpc) is 2.61. The Balaban J connectivity index is 2.62. The lowest BCUT2D eigenvalue weighted by molar-refractivity contribution is -0.134. The predicted molar refractivity (Wildman–Crippen MR) is 67.0 cm³/mol. The van der Waals surface area contributed by atoms with Crippen LogP contribution in [0.5, 0.6) is 0 Å². The fourth-order valence-corrected chi connectivity index (χ4v) is 1.98. The molecule has 5 nitrogen and oxygen atoms in total. The van der Waals surface area contributed by atoms with Crippen LogP contribution in [0.4, 0.5) is 4.79 Å². The first-order valence-electron chi connectivity index (χ1n) is 6.05. The summed E-state index contributed by atoms with van der Waals surface area (Å²) in [6.07, 6.45) is 1.84. The summed E-state index contributed by atoms with van der Waals surface area (Å²) in [5.74, 6) is 0.0974. The maximum atomic E-state index is 11.9. The highest BCUT2D eigenvalue weighted by molar-refractivity contribution is 5.68. The van der Waals surface area contributed by atoms with Crippen molar-refractivity contribution in [3.63, 3.8) is 0 Å². The van der Waals surface area contributed by atoms with Gasteiger partial charge in [-0.25, -0.2) is 4.79 Å². The molecule has 0 bridgehead atoms. The quantitative estimate of drug-likeness (QED) is 0.569. The number of nitrogens with zero attached hydrogens (tertiary/aromatic N) is 1. The molecule has 0 saturated carbocycles. The van der Waals surface area contributed by atoms with Gasteiger partial charge in [0.05, 0.1) is 6.54 Å². The number of carbonyl (C=O) groups is 2. The Morgan fingerprint density at radius 3 is 2.61 bits per heavy atom. The van der Waals surface area contributed by atoms with Crippen molar-refractivity contribution < 1.29 is 19.1 Å². The van der Waals surface area contributed by atoms with E-state index >= 15 is 0 Å². The molecular formula is C13H21NO4. The first kappa shape index (κ1) is 14.5. The lowest BCUT2D eigenvalue weighted by Gasteiger charge is -2.24. The molecule has 1 saturated heterocycles. The van der Waals surface area contributed by atoms with Gasteiger partial charge in [0.25, 0.3) is 6.47 Å². The van der Waals surface area contributed by atoms with Gasteiger partial charge in [-0.15, -0.1) is 6.58 Å². The summed E-state index contributed by atoms with van der Waals surface area (Å²) in [6.45, 7) is 10.5. The molecule has 1 rings (SSSR count). The monoisotopic (exact) mass is 255 g/mol. The maximum Gasteiger partial charge on any atom is 0.410 e. The number of amides is 1. The highest BCUT2D eigenvalue weighted by Gasteiger charge is 2.37. The third-order valence-electron chi connectivity index (χ3n) is 2.73. The van der Waals surface area contributed by atoms with Crippen molar-refractivity contribution in [2.75, 3.05) is 13.1 Å². The molecule has 0 aromatic heterocycles. The minimum Gasteiger partial charge on any atom is -0.462 e. The van der Waals surface area contributed by atoms with Gasteiger partial charge in [0.1, 0.15) is 11.7 Å². The second kappa shape index (κ2) is 5.89. The van der Waals surface area contributed by atoms with Gasteiger partial charge in [-0.3, -0.25) is 4.79 Å². The van der Waals surface area contributed by atoms with Crippen LogP contribution in [-0.2, 0) is 14.3 Å². The number of hydrogen-bond donors (Lipinski definition) is 0. The van der Waals surface area contributed by atoms with E-state index in [9.17, 15) is 9.59 Å². The molecule has 1 amide bonds. The molecule has 0 radical (unpaired) electrons. The summed E-state index contributed by atoms with van der Waals surface area (Å²) in [5.41, 5.74) is -0.519. The van der Waals surface area contributed by atoms with Crippen LogP contribution in [0.2, 0.25) is 0 Å². The number of ether oxygens (including phenoxy) is 2. The van der Waals surface area contributed by atoms with Crippen LogP contribution in [0.15, 0.2) is 12.7 Å². The van der Waals surface area contributed by atoms with Crippen molar-refractivity contribution in [3.05, 3.63) is 12.7 Å². The smallest absolute Gasteiger partial charge is 0.410 e. The van der Waals surface area contributed by atoms with Gasteiger partial charge in [0.15, 0.2) is 0 Å². The van der Waals surface area contributed by atoms with Crippen molar-refractivity contribution in [1.29, 1.82) is 0 Å². The molecule has 0 N–H and O–H groups in total. The highest BCUT2D eigenvalue weighted by Crippen LogP contribution is 2.24. The Kier molecular flexibility index (Phi) is 4.76. The molecule has 1 fully saturated rings. The van der Waals surface area contributed by atoms with Gasteiger partial charge in [-0.2, -0.15) is 0 Å². The summed E-state index contributed by atoms with van der Waals surface area (Å²) in [7, 11) is 0. The highest BCUT2D eigenvalue weighted by atomic mass is 16.6. The zero-order valence-electron chi connectivity index (χ0n) is 11.2. The zero-order valence-corrected chi connectivity index (χ0v) is 11.2. The van der Waals surface area contributed by atoms with Crippen LogP contribution in [-0.4, -0.2) is 42.3 Å². The van der Waals surface area contributed by atoms with E-state index in [-0.39, 0.29) is 18.1 Å². The topological polar surface area (TPSA) is 55.8 Å². The van der Waals surface area contributed by atoms with E-state index in [0.29, 0.717) is 26.0 Å². The van der Waals surface area contributed by atoms with Gasteiger partial charge >= 0.3 is 6.09 Å². The molecule has 5 heteroatoms. The Morgan fingerprint density at radius 2 is 2.11 bits per heavy atom. The minimum absolute atomic E-state index is 0.0974. The molecule has 1 aliphatic rings. The van der Waals surface area contributed by atoms with Crippen molar-refractivity contribution >= 4 is 12.6 Å². The predicted octanol–water partition coefficient (Wildman–Crippen LogP) is 1.97. The Bertz CT molecular complexity index is 303. The van der Waals surface area contributed by atoms with Crippen LogP contribution >= 0.6 is 0 Å². The number of rotatable bonds is 4. The summed E-state index contributed by atoms with van der Waals surface area (Å²) >= 11 is 0. The summed E-state index contributed by atoms with van der Waals surface area (Å²) in [4.78, 5) is 23.9. The van der Waals surface area contributed by atoms with Crippen LogP contribution in [0.3, 0.4) is 0 Å². The molecular weight excluding hydrogens is 234 g/mol. The molecule has 18 heavy (non-hydrogen) atoms. The van der Waals surface area contributed by atoms with E-state index in [1.54, 1.807) is 11.0 Å². The van der Waals surface area contributed by atoms with Crippen LogP contribution in [0.1, 0.15) is 27.2 Å². The molecule has 0 aromatic rings. The maximum absolute atomic E-state index is 11.9. The van der Waals surface area contributed by atoms with E-state index in [0.717, 1.165) is 0 Å². The second-order valence-corrected chi connectivity index (χ2v) is 5.44. The molecule has 0 unspecified atom stereocenters. The van der Waals surface area contributed by atoms with Crippen LogP contribution in [0, 0.1) is 5.92 Å². The van der Waals surface area contributed by atoms with Crippen molar-refractivity contribution in [2.24, 2.45) is 5.92 Å². The summed E-state index contributed by atoms with van der Waals surface area (Å²) in [5, 5.41) is 0. The molecule has 0 spiro atoms. The number of likely N-dealkylation sites (tertiary alicyclic amines) is 1. The Labute approximate surface area is 108 Å². The SMILES string of the molecule is C=CC[C@H]1CN(C(=O)OC(C)(C)C)C[C@H]1OC=O. The lowest BCUT2D eigenvalue weighted by Crippen LogP contribution is -2.36. The first-order chi connectivity index (χ1) is 8.37. The van der Waals surface area contributed by atoms with Crippen LogP contribution in [0.25, 0.3) is 0 Å². The fraction of sp³-hybridized carbons (Fsp3) is 0.692. The first-order valence-corrected chi connectivity index (χ1v) is 6.05. The van der Waals surface area contributed by atoms with Gasteiger partial charge in [-0.1, -0.05) is 6.08 Å². The minimum atomic E-state index is -0.519. The van der Waals surface area contributed by atoms with E-state index < -0.39 is 5.60 Å². The van der Waals surface area contributed by atoms with Crippen LogP contribution < -0.4 is 0 Å². The van der Waals surface area contributed by atoms with Gasteiger partial charge in [0.2, 0.25) is 0 Å². The van der Waals surface area contributed by atoms with E-state index in [2.05, 4.69) is 6.58 Å². The van der Waals surface area contributed by atoms with E-state index in [1.807, 2.05) is 20.8 Å². The van der Waals surface area contributed by atoms with Gasteiger partial charge in [0, 0.05) is 12.5 Å². The molecule has 1 aliphatic heterocycles. The zero-order chi connectivity index (χ0) is 13.8. The van der Waals surface area contributed by atoms with Crippen molar-refractivity contribution in [1.82, 2.24) is 4.90 Å². The normalized spacial score (nSPS) is 23.6. The van der Waals surface area contributed by atoms with E-state index in [1.165, 1.54) is 0 Å². The summed E-state index contributed by atoms with van der Waals surface area (Å²) in [6, 6.07) is 0. The third-order valence-corrected chi connectivity index (χ3v) is 2.73. The molecule has 1 heterocycles. The average molecular weight is 255 g/mol. The molecule has 2 atom stereocenters. The molecule has 0 aliphatic carbocycles. The summed E-state index contributed by atoms with van der Waals surface area (Å²) < 4.78 is 10.3. The van der Waals surface area contributed by atoms with Crippen molar-refractivity contribution in [2.45, 2.75) is 38.9 Å². The Hall–Kier alpha value is -1.52. The number of carbonyl (C=O) groups excluding carboxylic acids is 2. The van der Waals surface area contributed by atoms with Gasteiger partial charge in [-0.05, 0) is 27.2 Å². The lowest BCUT2D eigenvalue weighted by atomic mass is 10.0. The largest absolute Gasteiger partial charge is 0.462 e. The third kappa shape index (κ3) is 4.05. The van der Waals surface area contributed by atoms with E-state index in [4.69, 9.17) is 9.47 Å². The standard InChI is InChI=1S/C13H21NO4/c1-5-6-10-7-14(8-11(10)17-9-15)12(16)18-13(2,3)4/h5,9-11H,1,6-8H2,2-4H3/t10-,11+/m0/s1. The second-order valence-electron chi connectivity index (χ2n) is 5.44.